The molecule has 0 aliphatic heterocycles. The Hall–Kier alpha value is -2.19. The number of esters is 1. The molecule has 8 heteroatoms. The number of hydrogen-bond donors (Lipinski definition) is 1. The lowest BCUT2D eigenvalue weighted by molar-refractivity contribution is -0.140. The van der Waals surface area contributed by atoms with Crippen molar-refractivity contribution in [1.82, 2.24) is 9.55 Å². The molecule has 0 aromatic carbocycles. The first-order valence-electron chi connectivity index (χ1n) is 6.97. The molecule has 3 rings (SSSR count). The molecule has 3 aromatic heterocycles. The number of thiophene rings is 2. The standard InChI is InChI=1S/C15H14N2O4S2/c1-21-11(18)5-2-6-17-14(19)12-9(10-4-3-7-22-10)8-23-13(12)16-15(17)20/h3-4,7-8H,2,5-6H2,1H3,(H,16,20). The van der Waals surface area contributed by atoms with E-state index in [0.717, 1.165) is 15.0 Å². The zero-order valence-electron chi connectivity index (χ0n) is 12.3. The maximum atomic E-state index is 12.7. The van der Waals surface area contributed by atoms with E-state index in [0.29, 0.717) is 16.6 Å². The van der Waals surface area contributed by atoms with Crippen molar-refractivity contribution in [2.24, 2.45) is 0 Å². The second-order valence-corrected chi connectivity index (χ2v) is 6.72. The fourth-order valence-corrected chi connectivity index (χ4v) is 4.12. The molecule has 120 valence electrons. The van der Waals surface area contributed by atoms with Gasteiger partial charge in [-0.2, -0.15) is 0 Å². The molecule has 0 aliphatic carbocycles. The zero-order chi connectivity index (χ0) is 16.4. The molecule has 0 fully saturated rings. The minimum Gasteiger partial charge on any atom is -0.469 e. The van der Waals surface area contributed by atoms with Crippen molar-refractivity contribution in [3.05, 3.63) is 43.7 Å². The van der Waals surface area contributed by atoms with E-state index >= 15 is 0 Å². The molecule has 0 saturated carbocycles. The van der Waals surface area contributed by atoms with Crippen LogP contribution >= 0.6 is 22.7 Å². The molecule has 3 aromatic rings. The SMILES string of the molecule is COC(=O)CCCn1c(=O)[nH]c2scc(-c3cccs3)c2c1=O. The molecule has 3 heterocycles. The van der Waals surface area contributed by atoms with E-state index in [2.05, 4.69) is 9.72 Å². The first-order valence-corrected chi connectivity index (χ1v) is 8.72. The van der Waals surface area contributed by atoms with Crippen molar-refractivity contribution >= 4 is 38.9 Å². The van der Waals surface area contributed by atoms with Crippen molar-refractivity contribution in [1.29, 1.82) is 0 Å². The van der Waals surface area contributed by atoms with Crippen molar-refractivity contribution in [2.75, 3.05) is 7.11 Å². The number of fused-ring (bicyclic) bond motifs is 1. The van der Waals surface area contributed by atoms with Gasteiger partial charge in [0.05, 0.1) is 12.5 Å². The van der Waals surface area contributed by atoms with E-state index in [1.54, 1.807) is 11.3 Å². The van der Waals surface area contributed by atoms with Crippen LogP contribution in [0.3, 0.4) is 0 Å². The Labute approximate surface area is 139 Å². The third kappa shape index (κ3) is 2.99. The number of H-pyrrole nitrogens is 1. The number of nitrogens with zero attached hydrogens (tertiary/aromatic N) is 1. The van der Waals surface area contributed by atoms with Gasteiger partial charge in [0.25, 0.3) is 5.56 Å². The van der Waals surface area contributed by atoms with Crippen molar-refractivity contribution in [3.63, 3.8) is 0 Å². The number of hydrogen-bond acceptors (Lipinski definition) is 6. The molecule has 0 radical (unpaired) electrons. The molecular formula is C15H14N2O4S2. The minimum atomic E-state index is -0.452. The average molecular weight is 350 g/mol. The Balaban J connectivity index is 2.02. The average Bonchev–Trinajstić information content (AvgIpc) is 3.18. The second kappa shape index (κ2) is 6.51. The number of nitrogens with one attached hydrogen (secondary N) is 1. The van der Waals surface area contributed by atoms with Gasteiger partial charge in [0.15, 0.2) is 0 Å². The predicted molar refractivity (Wildman–Crippen MR) is 91.3 cm³/mol. The summed E-state index contributed by atoms with van der Waals surface area (Å²) < 4.78 is 5.71. The molecule has 1 N–H and O–H groups in total. The Morgan fingerprint density at radius 3 is 2.87 bits per heavy atom. The van der Waals surface area contributed by atoms with E-state index in [1.165, 1.54) is 18.4 Å². The van der Waals surface area contributed by atoms with Crippen LogP contribution in [0.4, 0.5) is 0 Å². The zero-order valence-corrected chi connectivity index (χ0v) is 14.0. The third-order valence-corrected chi connectivity index (χ3v) is 5.29. The summed E-state index contributed by atoms with van der Waals surface area (Å²) in [6, 6.07) is 3.86. The summed E-state index contributed by atoms with van der Waals surface area (Å²) in [6.07, 6.45) is 0.543. The molecule has 23 heavy (non-hydrogen) atoms. The van der Waals surface area contributed by atoms with Gasteiger partial charge < -0.3 is 4.74 Å². The van der Waals surface area contributed by atoms with E-state index in [9.17, 15) is 14.4 Å². The summed E-state index contributed by atoms with van der Waals surface area (Å²) in [7, 11) is 1.31. The van der Waals surface area contributed by atoms with E-state index in [1.807, 2.05) is 22.9 Å². The van der Waals surface area contributed by atoms with Gasteiger partial charge >= 0.3 is 11.7 Å². The third-order valence-electron chi connectivity index (χ3n) is 3.49. The fourth-order valence-electron chi connectivity index (χ4n) is 2.35. The summed E-state index contributed by atoms with van der Waals surface area (Å²) in [5.74, 6) is -0.356. The number of aromatic nitrogens is 2. The molecule has 0 bridgehead atoms. The largest absolute Gasteiger partial charge is 0.469 e. The molecule has 0 aliphatic rings. The van der Waals surface area contributed by atoms with Crippen LogP contribution in [0.5, 0.6) is 0 Å². The monoisotopic (exact) mass is 350 g/mol. The Bertz CT molecular complexity index is 950. The first kappa shape index (κ1) is 15.7. The maximum Gasteiger partial charge on any atom is 0.329 e. The Morgan fingerprint density at radius 1 is 1.35 bits per heavy atom. The number of ether oxygens (including phenoxy) is 1. The quantitative estimate of drug-likeness (QED) is 0.717. The molecule has 0 saturated heterocycles. The van der Waals surface area contributed by atoms with Crippen molar-refractivity contribution in [2.45, 2.75) is 19.4 Å². The van der Waals surface area contributed by atoms with Crippen LogP contribution in [0.2, 0.25) is 0 Å². The highest BCUT2D eigenvalue weighted by atomic mass is 32.1. The van der Waals surface area contributed by atoms with Crippen LogP contribution in [0.25, 0.3) is 20.7 Å². The highest BCUT2D eigenvalue weighted by Gasteiger charge is 2.15. The highest BCUT2D eigenvalue weighted by molar-refractivity contribution is 7.18. The van der Waals surface area contributed by atoms with E-state index < -0.39 is 5.69 Å². The van der Waals surface area contributed by atoms with Gasteiger partial charge in [-0.25, -0.2) is 4.79 Å². The van der Waals surface area contributed by atoms with Crippen LogP contribution in [-0.2, 0) is 16.1 Å². The number of carbonyl (C=O) groups excluding carboxylic acids is 1. The highest BCUT2D eigenvalue weighted by Crippen LogP contribution is 2.32. The molecule has 0 unspecified atom stereocenters. The van der Waals surface area contributed by atoms with Crippen LogP contribution in [0, 0.1) is 0 Å². The minimum absolute atomic E-state index is 0.168. The lowest BCUT2D eigenvalue weighted by Gasteiger charge is -2.05. The van der Waals surface area contributed by atoms with Crippen LogP contribution in [0.1, 0.15) is 12.8 Å². The molecule has 0 spiro atoms. The number of methoxy groups -OCH3 is 1. The molecule has 6 nitrogen and oxygen atoms in total. The lowest BCUT2D eigenvalue weighted by atomic mass is 10.2. The molecular weight excluding hydrogens is 336 g/mol. The normalized spacial score (nSPS) is 11.0. The topological polar surface area (TPSA) is 81.2 Å². The van der Waals surface area contributed by atoms with E-state index in [4.69, 9.17) is 0 Å². The van der Waals surface area contributed by atoms with Crippen molar-refractivity contribution in [3.8, 4) is 10.4 Å². The Kier molecular flexibility index (Phi) is 4.44. The summed E-state index contributed by atoms with van der Waals surface area (Å²) >= 11 is 2.89. The van der Waals surface area contributed by atoms with Crippen molar-refractivity contribution < 1.29 is 9.53 Å². The summed E-state index contributed by atoms with van der Waals surface area (Å²) in [5.41, 5.74) is 0.0631. The second-order valence-electron chi connectivity index (χ2n) is 4.90. The lowest BCUT2D eigenvalue weighted by Crippen LogP contribution is -2.35. The van der Waals surface area contributed by atoms with E-state index in [-0.39, 0.29) is 24.5 Å². The van der Waals surface area contributed by atoms with Gasteiger partial charge in [-0.15, -0.1) is 22.7 Å². The summed E-state index contributed by atoms with van der Waals surface area (Å²) in [5, 5.41) is 4.35. The maximum absolute atomic E-state index is 12.7. The molecule has 0 atom stereocenters. The van der Waals surface area contributed by atoms with Crippen LogP contribution < -0.4 is 11.2 Å². The van der Waals surface area contributed by atoms with Gasteiger partial charge in [-0.3, -0.25) is 19.1 Å². The van der Waals surface area contributed by atoms with Crippen LogP contribution in [0.15, 0.2) is 32.5 Å². The van der Waals surface area contributed by atoms with Crippen LogP contribution in [-0.4, -0.2) is 22.6 Å². The summed E-state index contributed by atoms with van der Waals surface area (Å²) in [4.78, 5) is 40.3. The first-order chi connectivity index (χ1) is 11.1. The van der Waals surface area contributed by atoms with Gasteiger partial charge in [0, 0.05) is 28.8 Å². The van der Waals surface area contributed by atoms with Gasteiger partial charge in [0.1, 0.15) is 4.83 Å². The summed E-state index contributed by atoms with van der Waals surface area (Å²) in [6.45, 7) is 0.179. The predicted octanol–water partition coefficient (Wildman–Crippen LogP) is 2.43. The van der Waals surface area contributed by atoms with Gasteiger partial charge in [-0.05, 0) is 17.9 Å². The smallest absolute Gasteiger partial charge is 0.329 e. The number of aromatic amines is 1. The Morgan fingerprint density at radius 2 is 2.17 bits per heavy atom. The number of rotatable bonds is 5. The molecule has 0 amide bonds. The van der Waals surface area contributed by atoms with Gasteiger partial charge in [-0.1, -0.05) is 6.07 Å². The van der Waals surface area contributed by atoms with Gasteiger partial charge in [0.2, 0.25) is 0 Å². The fraction of sp³-hybridized carbons (Fsp3) is 0.267. The number of carbonyl (C=O) groups is 1.